The van der Waals surface area contributed by atoms with Crippen molar-refractivity contribution in [3.63, 3.8) is 0 Å². The van der Waals surface area contributed by atoms with Crippen LogP contribution in [0.1, 0.15) is 26.7 Å². The van der Waals surface area contributed by atoms with Gasteiger partial charge in [-0.1, -0.05) is 6.92 Å². The highest BCUT2D eigenvalue weighted by molar-refractivity contribution is 5.82. The molecule has 1 heterocycles. The van der Waals surface area contributed by atoms with Gasteiger partial charge in [0.15, 0.2) is 0 Å². The number of carboxylic acid groups (broad SMARTS) is 1. The Kier molecular flexibility index (Phi) is 4.74. The predicted octanol–water partition coefficient (Wildman–Crippen LogP) is 0.668. The monoisotopic (exact) mass is 244 g/mol. The quantitative estimate of drug-likeness (QED) is 0.761. The smallest absolute Gasteiger partial charge is 0.326 e. The summed E-state index contributed by atoms with van der Waals surface area (Å²) in [5.41, 5.74) is 0. The van der Waals surface area contributed by atoms with Crippen LogP contribution in [0.2, 0.25) is 0 Å². The summed E-state index contributed by atoms with van der Waals surface area (Å²) < 4.78 is 5.38. The fraction of sp³-hybridized carbons (Fsp3) is 0.818. The Morgan fingerprint density at radius 3 is 2.65 bits per heavy atom. The summed E-state index contributed by atoms with van der Waals surface area (Å²) in [6.07, 6.45) is 1.15. The van der Waals surface area contributed by atoms with Gasteiger partial charge in [0.1, 0.15) is 6.04 Å². The molecule has 98 valence electrons. The standard InChI is InChI=1S/C11H20N2O4/c1-4-8(10(14)15)12-11(16)13(3)9-5-6-17-7(9)2/h7-9H,4-6H2,1-3H3,(H,12,16)(H,14,15)/t7?,8-,9?/m0/s1. The highest BCUT2D eigenvalue weighted by Crippen LogP contribution is 2.18. The highest BCUT2D eigenvalue weighted by Gasteiger charge is 2.31. The lowest BCUT2D eigenvalue weighted by Crippen LogP contribution is -2.51. The summed E-state index contributed by atoms with van der Waals surface area (Å²) in [5, 5.41) is 11.4. The third-order valence-corrected chi connectivity index (χ3v) is 3.16. The number of carbonyl (C=O) groups excluding carboxylic acids is 1. The van der Waals surface area contributed by atoms with Crippen LogP contribution in [0.25, 0.3) is 0 Å². The van der Waals surface area contributed by atoms with Crippen LogP contribution in [0.4, 0.5) is 4.79 Å². The van der Waals surface area contributed by atoms with Crippen LogP contribution in [0.3, 0.4) is 0 Å². The first-order valence-electron chi connectivity index (χ1n) is 5.85. The van der Waals surface area contributed by atoms with E-state index in [1.807, 2.05) is 6.92 Å². The summed E-state index contributed by atoms with van der Waals surface area (Å²) in [6.45, 7) is 4.27. The maximum atomic E-state index is 11.8. The van der Waals surface area contributed by atoms with Crippen molar-refractivity contribution in [2.45, 2.75) is 44.9 Å². The van der Waals surface area contributed by atoms with Gasteiger partial charge in [-0.25, -0.2) is 9.59 Å². The molecule has 1 saturated heterocycles. The topological polar surface area (TPSA) is 78.9 Å². The molecule has 0 aromatic carbocycles. The molecule has 0 spiro atoms. The van der Waals surface area contributed by atoms with Crippen molar-refractivity contribution in [1.29, 1.82) is 0 Å². The minimum atomic E-state index is -1.01. The van der Waals surface area contributed by atoms with Crippen LogP contribution >= 0.6 is 0 Å². The van der Waals surface area contributed by atoms with Gasteiger partial charge in [-0.2, -0.15) is 0 Å². The Labute approximate surface area is 101 Å². The third-order valence-electron chi connectivity index (χ3n) is 3.16. The van der Waals surface area contributed by atoms with Crippen molar-refractivity contribution < 1.29 is 19.4 Å². The van der Waals surface area contributed by atoms with Gasteiger partial charge >= 0.3 is 12.0 Å². The number of rotatable bonds is 4. The van der Waals surface area contributed by atoms with Crippen molar-refractivity contribution >= 4 is 12.0 Å². The van der Waals surface area contributed by atoms with Crippen molar-refractivity contribution in [2.75, 3.05) is 13.7 Å². The summed E-state index contributed by atoms with van der Waals surface area (Å²) in [4.78, 5) is 24.2. The maximum absolute atomic E-state index is 11.8. The summed E-state index contributed by atoms with van der Waals surface area (Å²) in [7, 11) is 1.67. The van der Waals surface area contributed by atoms with Crippen LogP contribution in [0, 0.1) is 0 Å². The second kappa shape index (κ2) is 5.86. The fourth-order valence-electron chi connectivity index (χ4n) is 1.97. The Balaban J connectivity index is 2.54. The fourth-order valence-corrected chi connectivity index (χ4v) is 1.97. The van der Waals surface area contributed by atoms with Crippen molar-refractivity contribution in [3.05, 3.63) is 0 Å². The second-order valence-electron chi connectivity index (χ2n) is 4.29. The Morgan fingerprint density at radius 1 is 1.59 bits per heavy atom. The number of ether oxygens (including phenoxy) is 1. The van der Waals surface area contributed by atoms with Crippen LogP contribution in [0.15, 0.2) is 0 Å². The zero-order chi connectivity index (χ0) is 13.0. The molecule has 2 unspecified atom stereocenters. The van der Waals surface area contributed by atoms with E-state index in [1.54, 1.807) is 14.0 Å². The molecule has 17 heavy (non-hydrogen) atoms. The number of hydrogen-bond acceptors (Lipinski definition) is 3. The number of urea groups is 1. The zero-order valence-electron chi connectivity index (χ0n) is 10.5. The first-order chi connectivity index (χ1) is 7.97. The minimum Gasteiger partial charge on any atom is -0.480 e. The molecule has 0 aromatic rings. The molecule has 1 rings (SSSR count). The lowest BCUT2D eigenvalue weighted by molar-refractivity contribution is -0.139. The molecule has 6 heteroatoms. The number of hydrogen-bond donors (Lipinski definition) is 2. The molecule has 2 amide bonds. The number of likely N-dealkylation sites (N-methyl/N-ethyl adjacent to an activating group) is 1. The van der Waals surface area contributed by atoms with Gasteiger partial charge < -0.3 is 20.1 Å². The molecule has 1 aliphatic rings. The minimum absolute atomic E-state index is 0.00402. The number of nitrogens with one attached hydrogen (secondary N) is 1. The number of aliphatic carboxylic acids is 1. The molecule has 0 bridgehead atoms. The van der Waals surface area contributed by atoms with E-state index in [2.05, 4.69) is 5.32 Å². The molecule has 6 nitrogen and oxygen atoms in total. The van der Waals surface area contributed by atoms with Gasteiger partial charge in [-0.15, -0.1) is 0 Å². The van der Waals surface area contributed by atoms with E-state index >= 15 is 0 Å². The van der Waals surface area contributed by atoms with E-state index in [4.69, 9.17) is 9.84 Å². The largest absolute Gasteiger partial charge is 0.480 e. The van der Waals surface area contributed by atoms with Gasteiger partial charge in [0, 0.05) is 13.7 Å². The third kappa shape index (κ3) is 3.33. The van der Waals surface area contributed by atoms with E-state index in [0.29, 0.717) is 13.0 Å². The van der Waals surface area contributed by atoms with Crippen molar-refractivity contribution in [1.82, 2.24) is 10.2 Å². The number of amides is 2. The van der Waals surface area contributed by atoms with E-state index in [0.717, 1.165) is 6.42 Å². The van der Waals surface area contributed by atoms with E-state index < -0.39 is 12.0 Å². The van der Waals surface area contributed by atoms with Gasteiger partial charge in [0.05, 0.1) is 12.1 Å². The number of carboxylic acids is 1. The van der Waals surface area contributed by atoms with E-state index in [-0.39, 0.29) is 18.2 Å². The summed E-state index contributed by atoms with van der Waals surface area (Å²) in [6, 6.07) is -1.18. The molecule has 0 saturated carbocycles. The van der Waals surface area contributed by atoms with Crippen LogP contribution in [-0.4, -0.2) is 53.8 Å². The summed E-state index contributed by atoms with van der Waals surface area (Å²) in [5.74, 6) is -1.01. The average molecular weight is 244 g/mol. The normalized spacial score (nSPS) is 25.4. The van der Waals surface area contributed by atoms with E-state index in [9.17, 15) is 9.59 Å². The van der Waals surface area contributed by atoms with Gasteiger partial charge in [-0.05, 0) is 19.8 Å². The first-order valence-corrected chi connectivity index (χ1v) is 5.85. The first kappa shape index (κ1) is 13.8. The van der Waals surface area contributed by atoms with Crippen LogP contribution < -0.4 is 5.32 Å². The molecule has 1 aliphatic heterocycles. The molecular weight excluding hydrogens is 224 g/mol. The van der Waals surface area contributed by atoms with Gasteiger partial charge in [-0.3, -0.25) is 0 Å². The highest BCUT2D eigenvalue weighted by atomic mass is 16.5. The maximum Gasteiger partial charge on any atom is 0.326 e. The summed E-state index contributed by atoms with van der Waals surface area (Å²) >= 11 is 0. The molecule has 0 aromatic heterocycles. The Bertz CT molecular complexity index is 295. The van der Waals surface area contributed by atoms with E-state index in [1.165, 1.54) is 4.90 Å². The molecule has 0 aliphatic carbocycles. The second-order valence-corrected chi connectivity index (χ2v) is 4.29. The molecule has 1 fully saturated rings. The van der Waals surface area contributed by atoms with Crippen molar-refractivity contribution in [3.8, 4) is 0 Å². The average Bonchev–Trinajstić information content (AvgIpc) is 2.70. The lowest BCUT2D eigenvalue weighted by Gasteiger charge is -2.28. The Morgan fingerprint density at radius 2 is 2.24 bits per heavy atom. The SMILES string of the molecule is CC[C@H](NC(=O)N(C)C1CCOC1C)C(=O)O. The Hall–Kier alpha value is -1.30. The predicted molar refractivity (Wildman–Crippen MR) is 61.8 cm³/mol. The number of carbonyl (C=O) groups is 2. The zero-order valence-corrected chi connectivity index (χ0v) is 10.5. The number of nitrogens with zero attached hydrogens (tertiary/aromatic N) is 1. The van der Waals surface area contributed by atoms with Crippen LogP contribution in [0.5, 0.6) is 0 Å². The van der Waals surface area contributed by atoms with Gasteiger partial charge in [0.25, 0.3) is 0 Å². The molecular formula is C11H20N2O4. The van der Waals surface area contributed by atoms with Crippen LogP contribution in [-0.2, 0) is 9.53 Å². The molecule has 3 atom stereocenters. The lowest BCUT2D eigenvalue weighted by atomic mass is 10.1. The molecule has 2 N–H and O–H groups in total. The molecule has 0 radical (unpaired) electrons. The van der Waals surface area contributed by atoms with Gasteiger partial charge in [0.2, 0.25) is 0 Å². The van der Waals surface area contributed by atoms with Crippen molar-refractivity contribution in [2.24, 2.45) is 0 Å².